The first kappa shape index (κ1) is 27.5. The number of halogens is 1. The third kappa shape index (κ3) is 7.38. The van der Waals surface area contributed by atoms with E-state index in [1.807, 2.05) is 39.8 Å². The van der Waals surface area contributed by atoms with Crippen LogP contribution in [0.25, 0.3) is 0 Å². The van der Waals surface area contributed by atoms with Crippen LogP contribution in [-0.4, -0.2) is 41.9 Å². The zero-order chi connectivity index (χ0) is 23.3. The Balaban J connectivity index is 0.00000154. The van der Waals surface area contributed by atoms with Crippen molar-refractivity contribution in [1.29, 1.82) is 0 Å². The summed E-state index contributed by atoms with van der Waals surface area (Å²) in [7, 11) is 3.88. The van der Waals surface area contributed by atoms with Crippen LogP contribution in [0.15, 0.2) is 48.5 Å². The summed E-state index contributed by atoms with van der Waals surface area (Å²) in [5.41, 5.74) is 2.34. The monoisotopic (exact) mass is 417 g/mol. The van der Waals surface area contributed by atoms with E-state index in [-0.39, 0.29) is 18.1 Å². The molecule has 0 amide bonds. The molecule has 0 aromatic heterocycles. The molecule has 0 bridgehead atoms. The maximum atomic E-state index is 13.3. The molecule has 0 aliphatic rings. The Hall–Kier alpha value is -2.53. The summed E-state index contributed by atoms with van der Waals surface area (Å²) in [4.78, 5) is 23.6. The van der Waals surface area contributed by atoms with Crippen LogP contribution in [0.5, 0.6) is 0 Å². The van der Waals surface area contributed by atoms with Gasteiger partial charge in [0.1, 0.15) is 5.82 Å². The number of carbonyl (C=O) groups excluding carboxylic acids is 1. The second-order valence-corrected chi connectivity index (χ2v) is 7.29. The quantitative estimate of drug-likeness (QED) is 0.456. The molecule has 30 heavy (non-hydrogen) atoms. The lowest BCUT2D eigenvalue weighted by atomic mass is 9.80. The molecule has 0 radical (unpaired) electrons. The average molecular weight is 418 g/mol. The van der Waals surface area contributed by atoms with Crippen molar-refractivity contribution in [3.63, 3.8) is 0 Å². The van der Waals surface area contributed by atoms with Gasteiger partial charge in [-0.2, -0.15) is 0 Å². The van der Waals surface area contributed by atoms with Gasteiger partial charge in [-0.1, -0.05) is 58.9 Å². The van der Waals surface area contributed by atoms with Crippen molar-refractivity contribution in [1.82, 2.24) is 4.90 Å². The number of likely N-dealkylation sites (N-methyl/N-ethyl adjacent to an activating group) is 1. The zero-order valence-corrected chi connectivity index (χ0v) is 19.3. The molecule has 5 heteroatoms. The van der Waals surface area contributed by atoms with Gasteiger partial charge in [0.05, 0.1) is 5.54 Å². The third-order valence-electron chi connectivity index (χ3n) is 5.11. The van der Waals surface area contributed by atoms with E-state index in [0.717, 1.165) is 5.56 Å². The molecule has 0 heterocycles. The van der Waals surface area contributed by atoms with Crippen LogP contribution in [0.3, 0.4) is 0 Å². The topological polar surface area (TPSA) is 57.6 Å². The molecule has 1 N–H and O–H groups in total. The number of Topliss-reactive ketones (excluding diaryl/α,β-unsaturated/α-hetero) is 1. The molecule has 0 saturated carbocycles. The van der Waals surface area contributed by atoms with Crippen molar-refractivity contribution < 1.29 is 19.1 Å². The third-order valence-corrected chi connectivity index (χ3v) is 5.11. The molecule has 0 aliphatic carbocycles. The van der Waals surface area contributed by atoms with Gasteiger partial charge in [-0.05, 0) is 68.2 Å². The molecule has 0 saturated heterocycles. The SMILES string of the molecule is CC.CCC(Cc1ccc(C(C)C)cc1)(C(=O)c1ccc(F)cc1)N(C)C.O=CO. The van der Waals surface area contributed by atoms with Crippen LogP contribution in [0.1, 0.15) is 68.4 Å². The first-order valence-electron chi connectivity index (χ1n) is 10.4. The molecule has 1 atom stereocenters. The Morgan fingerprint density at radius 1 is 1.07 bits per heavy atom. The molecule has 2 aromatic carbocycles. The maximum Gasteiger partial charge on any atom is 0.290 e. The highest BCUT2D eigenvalue weighted by Crippen LogP contribution is 2.28. The predicted molar refractivity (Wildman–Crippen MR) is 122 cm³/mol. The van der Waals surface area contributed by atoms with E-state index >= 15 is 0 Å². The summed E-state index contributed by atoms with van der Waals surface area (Å²) in [6, 6.07) is 14.3. The minimum atomic E-state index is -0.642. The lowest BCUT2D eigenvalue weighted by molar-refractivity contribution is -0.122. The summed E-state index contributed by atoms with van der Waals surface area (Å²) in [5.74, 6) is 0.195. The molecule has 0 spiro atoms. The largest absolute Gasteiger partial charge is 0.483 e. The second kappa shape index (κ2) is 13.6. The van der Waals surface area contributed by atoms with E-state index in [4.69, 9.17) is 9.90 Å². The molecule has 1 unspecified atom stereocenters. The van der Waals surface area contributed by atoms with Crippen molar-refractivity contribution in [2.24, 2.45) is 0 Å². The van der Waals surface area contributed by atoms with E-state index in [9.17, 15) is 9.18 Å². The van der Waals surface area contributed by atoms with Crippen LogP contribution in [0.4, 0.5) is 4.39 Å². The highest BCUT2D eigenvalue weighted by Gasteiger charge is 2.39. The highest BCUT2D eigenvalue weighted by atomic mass is 19.1. The number of hydrogen-bond acceptors (Lipinski definition) is 3. The van der Waals surface area contributed by atoms with Crippen molar-refractivity contribution >= 4 is 12.3 Å². The predicted octanol–water partition coefficient (Wildman–Crippen LogP) is 5.81. The molecule has 2 aromatic rings. The number of carboxylic acid groups (broad SMARTS) is 1. The molecule has 4 nitrogen and oxygen atoms in total. The summed E-state index contributed by atoms with van der Waals surface area (Å²) < 4.78 is 13.2. The van der Waals surface area contributed by atoms with Gasteiger partial charge < -0.3 is 5.11 Å². The van der Waals surface area contributed by atoms with E-state index < -0.39 is 5.54 Å². The smallest absolute Gasteiger partial charge is 0.290 e. The van der Waals surface area contributed by atoms with Gasteiger partial charge in [0.15, 0.2) is 5.78 Å². The number of benzene rings is 2. The van der Waals surface area contributed by atoms with E-state index in [2.05, 4.69) is 38.1 Å². The minimum absolute atomic E-state index is 0.0351. The summed E-state index contributed by atoms with van der Waals surface area (Å²) in [6.45, 7) is 10.1. The lowest BCUT2D eigenvalue weighted by Gasteiger charge is -2.38. The van der Waals surface area contributed by atoms with E-state index in [0.29, 0.717) is 24.3 Å². The van der Waals surface area contributed by atoms with Crippen LogP contribution in [0, 0.1) is 5.82 Å². The number of hydrogen-bond donors (Lipinski definition) is 1. The second-order valence-electron chi connectivity index (χ2n) is 7.29. The summed E-state index contributed by atoms with van der Waals surface area (Å²) >= 11 is 0. The van der Waals surface area contributed by atoms with Gasteiger partial charge in [-0.15, -0.1) is 0 Å². The van der Waals surface area contributed by atoms with Crippen molar-refractivity contribution in [2.75, 3.05) is 14.1 Å². The van der Waals surface area contributed by atoms with Gasteiger partial charge in [-0.25, -0.2) is 4.39 Å². The van der Waals surface area contributed by atoms with Gasteiger partial charge in [0, 0.05) is 5.56 Å². The Morgan fingerprint density at radius 3 is 1.90 bits per heavy atom. The fraction of sp³-hybridized carbons (Fsp3) is 0.440. The first-order valence-corrected chi connectivity index (χ1v) is 10.4. The maximum absolute atomic E-state index is 13.3. The van der Waals surface area contributed by atoms with Crippen molar-refractivity contribution in [3.8, 4) is 0 Å². The number of rotatable bonds is 7. The van der Waals surface area contributed by atoms with E-state index in [1.54, 1.807) is 12.1 Å². The van der Waals surface area contributed by atoms with Gasteiger partial charge in [0.25, 0.3) is 6.47 Å². The number of ketones is 1. The normalized spacial score (nSPS) is 12.2. The minimum Gasteiger partial charge on any atom is -0.483 e. The van der Waals surface area contributed by atoms with Crippen LogP contribution >= 0.6 is 0 Å². The van der Waals surface area contributed by atoms with Crippen LogP contribution in [0.2, 0.25) is 0 Å². The Kier molecular flexibility index (Phi) is 12.5. The standard InChI is InChI=1S/C22H28FNO.C2H6.CH2O2/c1-6-22(24(4)5,21(25)19-11-13-20(23)14-12-19)15-17-7-9-18(10-8-17)16(2)3;1-2;2-1-3/h7-14,16H,6,15H2,1-5H3;1-2H3;1H,(H,2,3). The number of nitrogens with zero attached hydrogens (tertiary/aromatic N) is 1. The fourth-order valence-corrected chi connectivity index (χ4v) is 3.27. The first-order chi connectivity index (χ1) is 14.2. The van der Waals surface area contributed by atoms with E-state index in [1.165, 1.54) is 17.7 Å². The Morgan fingerprint density at radius 2 is 1.53 bits per heavy atom. The molecule has 0 fully saturated rings. The molecular weight excluding hydrogens is 381 g/mol. The van der Waals surface area contributed by atoms with Gasteiger partial charge in [-0.3, -0.25) is 14.5 Å². The molecule has 0 aliphatic heterocycles. The van der Waals surface area contributed by atoms with Crippen LogP contribution in [-0.2, 0) is 11.2 Å². The van der Waals surface area contributed by atoms with Gasteiger partial charge in [0.2, 0.25) is 0 Å². The lowest BCUT2D eigenvalue weighted by Crippen LogP contribution is -2.52. The summed E-state index contributed by atoms with van der Waals surface area (Å²) in [6.07, 6.45) is 1.31. The average Bonchev–Trinajstić information content (AvgIpc) is 2.74. The summed E-state index contributed by atoms with van der Waals surface area (Å²) in [5, 5.41) is 6.89. The fourth-order valence-electron chi connectivity index (χ4n) is 3.27. The van der Waals surface area contributed by atoms with Crippen molar-refractivity contribution in [3.05, 3.63) is 71.0 Å². The molecule has 2 rings (SSSR count). The molecular formula is C25H36FNO3. The van der Waals surface area contributed by atoms with Crippen LogP contribution < -0.4 is 0 Å². The highest BCUT2D eigenvalue weighted by molar-refractivity contribution is 6.03. The Bertz CT molecular complexity index is 755. The van der Waals surface area contributed by atoms with Gasteiger partial charge >= 0.3 is 0 Å². The molecule has 166 valence electrons. The van der Waals surface area contributed by atoms with Crippen molar-refractivity contribution in [2.45, 2.75) is 58.9 Å². The number of carbonyl (C=O) groups is 2. The zero-order valence-electron chi connectivity index (χ0n) is 19.3. The Labute approximate surface area is 180 Å².